The number of imidazole rings is 1. The molecule has 0 amide bonds. The highest BCUT2D eigenvalue weighted by Gasteiger charge is 2.19. The van der Waals surface area contributed by atoms with Crippen molar-refractivity contribution in [2.75, 3.05) is 19.0 Å². The summed E-state index contributed by atoms with van der Waals surface area (Å²) >= 11 is 0. The second kappa shape index (κ2) is 5.94. The molecule has 7 heteroatoms. The van der Waals surface area contributed by atoms with Gasteiger partial charge in [-0.15, -0.1) is 0 Å². The fourth-order valence-corrected chi connectivity index (χ4v) is 2.79. The monoisotopic (exact) mass is 334 g/mol. The lowest BCUT2D eigenvalue weighted by atomic mass is 10.1. The lowest BCUT2D eigenvalue weighted by Crippen LogP contribution is -2.12. The minimum atomic E-state index is -0.284. The molecule has 0 saturated heterocycles. The summed E-state index contributed by atoms with van der Waals surface area (Å²) in [6.45, 7) is 0. The first-order chi connectivity index (χ1) is 12.1. The highest BCUT2D eigenvalue weighted by atomic mass is 19.1. The third kappa shape index (κ3) is 2.59. The number of fused-ring (bicyclic) bond motifs is 1. The fraction of sp³-hybridized carbons (Fsp3) is 0.111. The first kappa shape index (κ1) is 15.2. The summed E-state index contributed by atoms with van der Waals surface area (Å²) in [5.41, 5.74) is 3.92. The van der Waals surface area contributed by atoms with Gasteiger partial charge in [0.1, 0.15) is 12.1 Å². The Morgan fingerprint density at radius 2 is 1.72 bits per heavy atom. The molecule has 0 aliphatic rings. The Morgan fingerprint density at radius 3 is 2.40 bits per heavy atom. The average molecular weight is 334 g/mol. The maximum atomic E-state index is 13.3. The maximum Gasteiger partial charge on any atom is 0.181 e. The van der Waals surface area contributed by atoms with E-state index in [1.54, 1.807) is 30.7 Å². The number of hydrogen-bond donors (Lipinski definition) is 0. The number of nitrogens with zero attached hydrogens (tertiary/aromatic N) is 6. The molecule has 0 N–H and O–H groups in total. The Kier molecular flexibility index (Phi) is 3.61. The molecule has 3 heterocycles. The molecule has 25 heavy (non-hydrogen) atoms. The van der Waals surface area contributed by atoms with E-state index in [9.17, 15) is 4.39 Å². The van der Waals surface area contributed by atoms with Crippen molar-refractivity contribution in [1.29, 1.82) is 0 Å². The van der Waals surface area contributed by atoms with Crippen molar-refractivity contribution in [2.24, 2.45) is 0 Å². The van der Waals surface area contributed by atoms with Gasteiger partial charge in [0.2, 0.25) is 0 Å². The Balaban J connectivity index is 2.07. The van der Waals surface area contributed by atoms with E-state index in [1.807, 2.05) is 29.6 Å². The molecule has 0 saturated carbocycles. The van der Waals surface area contributed by atoms with Crippen molar-refractivity contribution in [3.63, 3.8) is 0 Å². The Labute approximate surface area is 143 Å². The van der Waals surface area contributed by atoms with E-state index < -0.39 is 0 Å². The van der Waals surface area contributed by atoms with E-state index in [0.717, 1.165) is 28.3 Å². The summed E-state index contributed by atoms with van der Waals surface area (Å²) in [7, 11) is 3.83. The quantitative estimate of drug-likeness (QED) is 0.576. The number of aromatic nitrogens is 5. The molecule has 0 radical (unpaired) electrons. The molecule has 0 spiro atoms. The molecule has 6 nitrogen and oxygen atoms in total. The third-order valence-electron chi connectivity index (χ3n) is 3.90. The van der Waals surface area contributed by atoms with Crippen LogP contribution in [0.25, 0.3) is 28.2 Å². The lowest BCUT2D eigenvalue weighted by Gasteiger charge is -2.11. The zero-order valence-corrected chi connectivity index (χ0v) is 13.8. The minimum absolute atomic E-state index is 0.284. The molecule has 1 aromatic carbocycles. The fourth-order valence-electron chi connectivity index (χ4n) is 2.79. The normalized spacial score (nSPS) is 11.0. The molecule has 0 unspecified atom stereocenters. The van der Waals surface area contributed by atoms with E-state index in [-0.39, 0.29) is 5.82 Å². The molecular formula is C18H15FN6. The number of benzene rings is 1. The van der Waals surface area contributed by atoms with E-state index in [0.29, 0.717) is 5.65 Å². The molecular weight excluding hydrogens is 319 g/mol. The Morgan fingerprint density at radius 1 is 1.00 bits per heavy atom. The zero-order chi connectivity index (χ0) is 17.4. The van der Waals surface area contributed by atoms with Crippen LogP contribution in [-0.4, -0.2) is 38.4 Å². The second-order valence-electron chi connectivity index (χ2n) is 5.78. The van der Waals surface area contributed by atoms with Gasteiger partial charge in [0.15, 0.2) is 11.5 Å². The second-order valence-corrected chi connectivity index (χ2v) is 5.78. The van der Waals surface area contributed by atoms with Gasteiger partial charge in [-0.3, -0.25) is 4.40 Å². The van der Waals surface area contributed by atoms with Gasteiger partial charge in [-0.05, 0) is 24.3 Å². The molecule has 0 bridgehead atoms. The van der Waals surface area contributed by atoms with E-state index in [4.69, 9.17) is 4.98 Å². The van der Waals surface area contributed by atoms with Crippen molar-refractivity contribution in [3.8, 4) is 22.5 Å². The summed E-state index contributed by atoms with van der Waals surface area (Å²) in [6, 6.07) is 6.28. The Hall–Kier alpha value is -3.35. The standard InChI is InChI=1S/C18H15FN6/c1-24(2)17-18-23-15(12-3-5-14(19)6-4-12)16(25(18)8-7-22-17)13-9-20-11-21-10-13/h3-11H,1-2H3. The van der Waals surface area contributed by atoms with Crippen LogP contribution in [0.5, 0.6) is 0 Å². The van der Waals surface area contributed by atoms with E-state index >= 15 is 0 Å². The zero-order valence-electron chi connectivity index (χ0n) is 13.8. The molecule has 0 aliphatic heterocycles. The van der Waals surface area contributed by atoms with Crippen LogP contribution in [-0.2, 0) is 0 Å². The average Bonchev–Trinajstić information content (AvgIpc) is 3.02. The van der Waals surface area contributed by atoms with E-state index in [1.165, 1.54) is 18.5 Å². The largest absolute Gasteiger partial charge is 0.360 e. The molecule has 4 rings (SSSR count). The molecule has 0 atom stereocenters. The molecule has 0 fully saturated rings. The van der Waals surface area contributed by atoms with Crippen LogP contribution in [0.1, 0.15) is 0 Å². The van der Waals surface area contributed by atoms with Crippen LogP contribution < -0.4 is 4.90 Å². The van der Waals surface area contributed by atoms with Crippen molar-refractivity contribution >= 4 is 11.5 Å². The maximum absolute atomic E-state index is 13.3. The summed E-state index contributed by atoms with van der Waals surface area (Å²) in [5.74, 6) is 0.460. The van der Waals surface area contributed by atoms with Crippen LogP contribution in [0.4, 0.5) is 10.2 Å². The van der Waals surface area contributed by atoms with E-state index in [2.05, 4.69) is 15.0 Å². The summed E-state index contributed by atoms with van der Waals surface area (Å²) in [5, 5.41) is 0. The van der Waals surface area contributed by atoms with Gasteiger partial charge in [0.25, 0.3) is 0 Å². The summed E-state index contributed by atoms with van der Waals surface area (Å²) in [4.78, 5) is 19.3. The van der Waals surface area contributed by atoms with Gasteiger partial charge in [0, 0.05) is 50.0 Å². The third-order valence-corrected chi connectivity index (χ3v) is 3.90. The van der Waals surface area contributed by atoms with Crippen molar-refractivity contribution < 1.29 is 4.39 Å². The van der Waals surface area contributed by atoms with Crippen molar-refractivity contribution in [3.05, 3.63) is 61.2 Å². The molecule has 0 aliphatic carbocycles. The number of rotatable bonds is 3. The molecule has 124 valence electrons. The van der Waals surface area contributed by atoms with Crippen molar-refractivity contribution in [2.45, 2.75) is 0 Å². The van der Waals surface area contributed by atoms with Crippen LogP contribution in [0.3, 0.4) is 0 Å². The predicted octanol–water partition coefficient (Wildman–Crippen LogP) is 3.06. The highest BCUT2D eigenvalue weighted by Crippen LogP contribution is 2.34. The van der Waals surface area contributed by atoms with Gasteiger partial charge >= 0.3 is 0 Å². The summed E-state index contributed by atoms with van der Waals surface area (Å²) < 4.78 is 15.3. The molecule has 4 aromatic rings. The Bertz CT molecular complexity index is 1020. The van der Waals surface area contributed by atoms with Crippen LogP contribution >= 0.6 is 0 Å². The van der Waals surface area contributed by atoms with Crippen LogP contribution in [0, 0.1) is 5.82 Å². The number of anilines is 1. The van der Waals surface area contributed by atoms with Crippen molar-refractivity contribution in [1.82, 2.24) is 24.3 Å². The topological polar surface area (TPSA) is 59.2 Å². The lowest BCUT2D eigenvalue weighted by molar-refractivity contribution is 0.628. The first-order valence-corrected chi connectivity index (χ1v) is 7.71. The predicted molar refractivity (Wildman–Crippen MR) is 93.7 cm³/mol. The summed E-state index contributed by atoms with van der Waals surface area (Å²) in [6.07, 6.45) is 8.53. The van der Waals surface area contributed by atoms with Gasteiger partial charge in [-0.25, -0.2) is 24.3 Å². The van der Waals surface area contributed by atoms with Gasteiger partial charge in [-0.2, -0.15) is 0 Å². The SMILES string of the molecule is CN(C)c1nccn2c(-c3cncnc3)c(-c3ccc(F)cc3)nc12. The van der Waals surface area contributed by atoms with Gasteiger partial charge < -0.3 is 4.90 Å². The van der Waals surface area contributed by atoms with Crippen LogP contribution in [0.2, 0.25) is 0 Å². The number of hydrogen-bond acceptors (Lipinski definition) is 5. The highest BCUT2D eigenvalue weighted by molar-refractivity contribution is 5.84. The van der Waals surface area contributed by atoms with Crippen LogP contribution in [0.15, 0.2) is 55.4 Å². The first-order valence-electron chi connectivity index (χ1n) is 7.71. The van der Waals surface area contributed by atoms with Gasteiger partial charge in [-0.1, -0.05) is 0 Å². The number of halogens is 1. The smallest absolute Gasteiger partial charge is 0.181 e. The van der Waals surface area contributed by atoms with Gasteiger partial charge in [0.05, 0.1) is 11.4 Å². The molecule has 3 aromatic heterocycles. The minimum Gasteiger partial charge on any atom is -0.360 e.